The van der Waals surface area contributed by atoms with E-state index in [0.29, 0.717) is 13.0 Å². The van der Waals surface area contributed by atoms with Crippen LogP contribution in [0.5, 0.6) is 5.75 Å². The number of carbonyl (C=O) groups is 1. The fourth-order valence-electron chi connectivity index (χ4n) is 6.34. The standard InChI is InChI=1S/C43H69NO6SSi/c1-16-18-37(31(5)25-35-28-51-33(7)44-35)49-39(46)26-38(45)43(11,12)41(48-27-34-21-23-36(47-13)24-22-34)32(6)40(30(4)20-17-19-29(2)3)50-52(14,15)42(8,9)10/h16,21-25,28,30,32,37-38,40-41,45H,1-2,17-20,26-27H2,3-15H3/b31-25+/t30-,32+,37-,38+,40-,41+/m0/s1. The molecule has 7 nitrogen and oxygen atoms in total. The lowest BCUT2D eigenvalue weighted by molar-refractivity contribution is -0.161. The molecule has 0 amide bonds. The summed E-state index contributed by atoms with van der Waals surface area (Å²) in [4.78, 5) is 18.1. The minimum absolute atomic E-state index is 0.00745. The Labute approximate surface area is 321 Å². The number of methoxy groups -OCH3 is 1. The Balaban J connectivity index is 2.46. The maximum absolute atomic E-state index is 13.6. The minimum Gasteiger partial charge on any atom is -0.497 e. The fourth-order valence-corrected chi connectivity index (χ4v) is 8.39. The van der Waals surface area contributed by atoms with Crippen molar-refractivity contribution in [2.24, 2.45) is 17.3 Å². The number of aliphatic hydroxyl groups excluding tert-OH is 1. The maximum atomic E-state index is 13.6. The molecule has 0 spiro atoms. The van der Waals surface area contributed by atoms with Crippen molar-refractivity contribution in [1.29, 1.82) is 0 Å². The van der Waals surface area contributed by atoms with Gasteiger partial charge in [0.15, 0.2) is 8.32 Å². The topological polar surface area (TPSA) is 87.1 Å². The van der Waals surface area contributed by atoms with Crippen LogP contribution in [0.15, 0.2) is 60.0 Å². The number of carbonyl (C=O) groups excluding carboxylic acids is 1. The zero-order valence-corrected chi connectivity index (χ0v) is 36.3. The number of esters is 1. The first-order chi connectivity index (χ1) is 24.1. The second-order valence-corrected chi connectivity index (χ2v) is 22.7. The van der Waals surface area contributed by atoms with Crippen LogP contribution in [0.25, 0.3) is 6.08 Å². The molecule has 52 heavy (non-hydrogen) atoms. The van der Waals surface area contributed by atoms with Gasteiger partial charge in [-0.2, -0.15) is 0 Å². The number of benzene rings is 1. The van der Waals surface area contributed by atoms with Gasteiger partial charge >= 0.3 is 5.97 Å². The first kappa shape index (κ1) is 45.6. The summed E-state index contributed by atoms with van der Waals surface area (Å²) in [5.74, 6) is 0.409. The van der Waals surface area contributed by atoms with E-state index in [1.807, 2.05) is 63.4 Å². The van der Waals surface area contributed by atoms with Crippen molar-refractivity contribution in [1.82, 2.24) is 4.98 Å². The first-order valence-electron chi connectivity index (χ1n) is 18.8. The Morgan fingerprint density at radius 1 is 1.10 bits per heavy atom. The third-order valence-electron chi connectivity index (χ3n) is 10.8. The summed E-state index contributed by atoms with van der Waals surface area (Å²) in [5, 5.41) is 14.9. The molecule has 0 radical (unpaired) electrons. The molecule has 0 saturated carbocycles. The van der Waals surface area contributed by atoms with Crippen LogP contribution < -0.4 is 4.74 Å². The molecular formula is C43H69NO6SSi. The van der Waals surface area contributed by atoms with Crippen LogP contribution >= 0.6 is 11.3 Å². The molecule has 1 heterocycles. The molecular weight excluding hydrogens is 687 g/mol. The largest absolute Gasteiger partial charge is 0.497 e. The Bertz CT molecular complexity index is 1460. The molecule has 1 aromatic heterocycles. The molecule has 292 valence electrons. The number of hydrogen-bond acceptors (Lipinski definition) is 8. The number of aromatic nitrogens is 1. The maximum Gasteiger partial charge on any atom is 0.309 e. The van der Waals surface area contributed by atoms with E-state index < -0.39 is 38.0 Å². The molecule has 9 heteroatoms. The average molecular weight is 756 g/mol. The Morgan fingerprint density at radius 3 is 2.25 bits per heavy atom. The molecule has 0 aliphatic rings. The van der Waals surface area contributed by atoms with Gasteiger partial charge in [-0.1, -0.05) is 72.2 Å². The number of allylic oxidation sites excluding steroid dienone is 1. The predicted molar refractivity (Wildman–Crippen MR) is 220 cm³/mol. The normalized spacial score (nSPS) is 16.4. The Kier molecular flexibility index (Phi) is 17.7. The third kappa shape index (κ3) is 13.7. The summed E-state index contributed by atoms with van der Waals surface area (Å²) in [5.41, 5.74) is 3.02. The smallest absolute Gasteiger partial charge is 0.309 e. The SMILES string of the molecule is C=CC[C@H](OC(=O)C[C@@H](O)C(C)(C)[C@H](OCc1ccc(OC)cc1)[C@H](C)[C@@H](O[Si](C)(C)C(C)(C)C)[C@@H](C)CCCC(=C)C)/C(C)=C/c1csc(C)n1. The molecule has 0 aliphatic heterocycles. The van der Waals surface area contributed by atoms with E-state index in [0.717, 1.165) is 46.9 Å². The summed E-state index contributed by atoms with van der Waals surface area (Å²) >= 11 is 1.57. The highest BCUT2D eigenvalue weighted by molar-refractivity contribution is 7.09. The van der Waals surface area contributed by atoms with Crippen LogP contribution in [0.3, 0.4) is 0 Å². The molecule has 0 aliphatic carbocycles. The van der Waals surface area contributed by atoms with Crippen LogP contribution in [0.2, 0.25) is 18.1 Å². The molecule has 1 N–H and O–H groups in total. The van der Waals surface area contributed by atoms with E-state index in [4.69, 9.17) is 18.6 Å². The van der Waals surface area contributed by atoms with Gasteiger partial charge in [-0.15, -0.1) is 24.5 Å². The van der Waals surface area contributed by atoms with Crippen molar-refractivity contribution in [2.45, 2.75) is 150 Å². The lowest BCUT2D eigenvalue weighted by Crippen LogP contribution is -2.54. The van der Waals surface area contributed by atoms with Crippen LogP contribution in [0, 0.1) is 24.2 Å². The molecule has 2 aromatic rings. The number of ether oxygens (including phenoxy) is 3. The quantitative estimate of drug-likeness (QED) is 0.0727. The molecule has 2 rings (SSSR count). The summed E-state index contributed by atoms with van der Waals surface area (Å²) < 4.78 is 25.5. The van der Waals surface area contributed by atoms with Gasteiger partial charge in [0.2, 0.25) is 0 Å². The lowest BCUT2D eigenvalue weighted by Gasteiger charge is -2.48. The second kappa shape index (κ2) is 20.2. The zero-order valence-electron chi connectivity index (χ0n) is 34.5. The number of rotatable bonds is 22. The third-order valence-corrected chi connectivity index (χ3v) is 16.0. The van der Waals surface area contributed by atoms with Gasteiger partial charge in [-0.25, -0.2) is 4.98 Å². The van der Waals surface area contributed by atoms with Crippen molar-refractivity contribution < 1.29 is 28.5 Å². The van der Waals surface area contributed by atoms with Crippen LogP contribution in [-0.4, -0.2) is 55.9 Å². The van der Waals surface area contributed by atoms with Crippen LogP contribution in [-0.2, 0) is 25.3 Å². The first-order valence-corrected chi connectivity index (χ1v) is 22.6. The lowest BCUT2D eigenvalue weighted by atomic mass is 9.71. The number of thiazole rings is 1. The van der Waals surface area contributed by atoms with E-state index in [1.54, 1.807) is 24.5 Å². The van der Waals surface area contributed by atoms with E-state index in [9.17, 15) is 9.90 Å². The van der Waals surface area contributed by atoms with Gasteiger partial charge in [0.05, 0.1) is 49.2 Å². The fraction of sp³-hybridized carbons (Fsp3) is 0.628. The van der Waals surface area contributed by atoms with E-state index >= 15 is 0 Å². The Morgan fingerprint density at radius 2 is 1.73 bits per heavy atom. The van der Waals surface area contributed by atoms with Crippen molar-refractivity contribution in [3.05, 3.63) is 76.3 Å². The summed E-state index contributed by atoms with van der Waals surface area (Å²) in [7, 11) is -0.565. The highest BCUT2D eigenvalue weighted by Gasteiger charge is 2.48. The number of aliphatic hydroxyl groups is 1. The summed E-state index contributed by atoms with van der Waals surface area (Å²) in [6, 6.07) is 7.83. The number of hydrogen-bond donors (Lipinski definition) is 1. The zero-order chi connectivity index (χ0) is 39.4. The molecule has 0 fully saturated rings. The summed E-state index contributed by atoms with van der Waals surface area (Å²) in [6.45, 7) is 34.1. The van der Waals surface area contributed by atoms with Crippen molar-refractivity contribution in [2.75, 3.05) is 7.11 Å². The monoisotopic (exact) mass is 755 g/mol. The Hall–Kier alpha value is -2.56. The van der Waals surface area contributed by atoms with E-state index in [2.05, 4.69) is 72.8 Å². The molecule has 1 aromatic carbocycles. The van der Waals surface area contributed by atoms with Crippen molar-refractivity contribution in [3.63, 3.8) is 0 Å². The average Bonchev–Trinajstić information content (AvgIpc) is 3.46. The van der Waals surface area contributed by atoms with Crippen LogP contribution in [0.1, 0.15) is 111 Å². The summed E-state index contributed by atoms with van der Waals surface area (Å²) in [6.07, 6.45) is 4.78. The van der Waals surface area contributed by atoms with Crippen molar-refractivity contribution >= 4 is 31.7 Å². The number of aryl methyl sites for hydroxylation is 1. The van der Waals surface area contributed by atoms with Crippen molar-refractivity contribution in [3.8, 4) is 5.75 Å². The molecule has 0 unspecified atom stereocenters. The molecule has 0 saturated heterocycles. The van der Waals surface area contributed by atoms with Gasteiger partial charge in [-0.05, 0) is 93.4 Å². The van der Waals surface area contributed by atoms with Gasteiger partial charge in [-0.3, -0.25) is 4.79 Å². The van der Waals surface area contributed by atoms with E-state index in [-0.39, 0.29) is 29.4 Å². The number of nitrogens with zero attached hydrogens (tertiary/aromatic N) is 1. The van der Waals surface area contributed by atoms with Gasteiger partial charge < -0.3 is 23.7 Å². The second-order valence-electron chi connectivity index (χ2n) is 16.8. The highest BCUT2D eigenvalue weighted by Crippen LogP contribution is 2.43. The van der Waals surface area contributed by atoms with Gasteiger partial charge in [0.25, 0.3) is 0 Å². The molecule has 6 atom stereocenters. The van der Waals surface area contributed by atoms with Gasteiger partial charge in [0.1, 0.15) is 11.9 Å². The molecule has 0 bridgehead atoms. The predicted octanol–water partition coefficient (Wildman–Crippen LogP) is 11.1. The van der Waals surface area contributed by atoms with E-state index in [1.165, 1.54) is 5.57 Å². The minimum atomic E-state index is -2.22. The van der Waals surface area contributed by atoms with Gasteiger partial charge in [0, 0.05) is 23.1 Å². The van der Waals surface area contributed by atoms with Crippen LogP contribution in [0.4, 0.5) is 0 Å². The highest BCUT2D eigenvalue weighted by atomic mass is 32.1.